The van der Waals surface area contributed by atoms with Crippen molar-refractivity contribution in [2.45, 2.75) is 50.9 Å². The van der Waals surface area contributed by atoms with E-state index in [0.717, 1.165) is 42.3 Å². The highest BCUT2D eigenvalue weighted by Gasteiger charge is 2.26. The topological polar surface area (TPSA) is 133 Å². The molecule has 2 aliphatic rings. The van der Waals surface area contributed by atoms with Gasteiger partial charge in [-0.1, -0.05) is 0 Å². The van der Waals surface area contributed by atoms with Crippen LogP contribution in [0.15, 0.2) is 41.3 Å². The number of benzene rings is 1. The molecule has 3 heterocycles. The summed E-state index contributed by atoms with van der Waals surface area (Å²) in [5.74, 6) is 2.37. The lowest BCUT2D eigenvalue weighted by Gasteiger charge is -2.33. The van der Waals surface area contributed by atoms with Gasteiger partial charge in [0.1, 0.15) is 11.6 Å². The number of ether oxygens (including phenoxy) is 2. The van der Waals surface area contributed by atoms with Crippen LogP contribution in [0.25, 0.3) is 10.9 Å². The first-order valence-electron chi connectivity index (χ1n) is 12.0. The largest absolute Gasteiger partial charge is 0.497 e. The maximum Gasteiger partial charge on any atom is 0.263 e. The molecular formula is C25H30N6O4. The second-order valence-corrected chi connectivity index (χ2v) is 9.20. The van der Waals surface area contributed by atoms with E-state index >= 15 is 0 Å². The van der Waals surface area contributed by atoms with Crippen LogP contribution in [-0.2, 0) is 17.9 Å². The smallest absolute Gasteiger partial charge is 0.263 e. The van der Waals surface area contributed by atoms with Gasteiger partial charge in [0.2, 0.25) is 0 Å². The van der Waals surface area contributed by atoms with E-state index in [1.54, 1.807) is 23.9 Å². The fourth-order valence-corrected chi connectivity index (χ4v) is 4.93. The molecule has 2 aromatic heterocycles. The van der Waals surface area contributed by atoms with Gasteiger partial charge in [-0.25, -0.2) is 9.97 Å². The van der Waals surface area contributed by atoms with Crippen molar-refractivity contribution in [2.75, 3.05) is 19.0 Å². The second kappa shape index (κ2) is 10.0. The molecule has 4 N–H and O–H groups in total. The van der Waals surface area contributed by atoms with Crippen LogP contribution in [-0.4, -0.2) is 46.2 Å². The first kappa shape index (κ1) is 23.3. The molecule has 0 unspecified atom stereocenters. The van der Waals surface area contributed by atoms with Crippen LogP contribution >= 0.6 is 0 Å². The predicted octanol–water partition coefficient (Wildman–Crippen LogP) is 1.81. The molecule has 1 aliphatic heterocycles. The zero-order valence-electron chi connectivity index (χ0n) is 19.7. The number of nitrogens with one attached hydrogen (secondary N) is 2. The minimum absolute atomic E-state index is 0.0113. The number of carbonyl (C=O) groups excluding carboxylic acids is 1. The third-order valence-electron chi connectivity index (χ3n) is 6.94. The lowest BCUT2D eigenvalue weighted by atomic mass is 9.81. The normalized spacial score (nSPS) is 20.6. The number of fused-ring (bicyclic) bond motifs is 2. The van der Waals surface area contributed by atoms with Gasteiger partial charge in [-0.15, -0.1) is 0 Å². The summed E-state index contributed by atoms with van der Waals surface area (Å²) in [6.45, 7) is 0.975. The van der Waals surface area contributed by atoms with Crippen molar-refractivity contribution < 1.29 is 14.3 Å². The Labute approximate surface area is 202 Å². The van der Waals surface area contributed by atoms with Crippen molar-refractivity contribution in [1.82, 2.24) is 19.9 Å². The van der Waals surface area contributed by atoms with E-state index in [1.165, 1.54) is 0 Å². The molecule has 10 heteroatoms. The molecular weight excluding hydrogens is 448 g/mol. The highest BCUT2D eigenvalue weighted by molar-refractivity contribution is 5.94. The number of rotatable bonds is 7. The minimum Gasteiger partial charge on any atom is -0.497 e. The van der Waals surface area contributed by atoms with Crippen LogP contribution in [0.4, 0.5) is 5.82 Å². The summed E-state index contributed by atoms with van der Waals surface area (Å²) in [4.78, 5) is 32.9. The highest BCUT2D eigenvalue weighted by atomic mass is 16.5. The fourth-order valence-electron chi connectivity index (χ4n) is 4.93. The molecule has 0 radical (unpaired) electrons. The van der Waals surface area contributed by atoms with Crippen molar-refractivity contribution in [2.24, 2.45) is 11.7 Å². The second-order valence-electron chi connectivity index (χ2n) is 9.20. The quantitative estimate of drug-likeness (QED) is 0.468. The summed E-state index contributed by atoms with van der Waals surface area (Å²) in [7, 11) is 1.62. The van der Waals surface area contributed by atoms with Gasteiger partial charge in [0.15, 0.2) is 18.2 Å². The Morgan fingerprint density at radius 3 is 2.83 bits per heavy atom. The number of methoxy groups -OCH3 is 1. The van der Waals surface area contributed by atoms with Crippen molar-refractivity contribution in [3.63, 3.8) is 0 Å². The van der Waals surface area contributed by atoms with E-state index in [2.05, 4.69) is 20.6 Å². The Kier molecular flexibility index (Phi) is 6.65. The van der Waals surface area contributed by atoms with E-state index in [-0.39, 0.29) is 24.1 Å². The van der Waals surface area contributed by atoms with Crippen molar-refractivity contribution in [1.29, 1.82) is 0 Å². The number of nitrogens with two attached hydrogens (primary N) is 1. The third-order valence-corrected chi connectivity index (χ3v) is 6.94. The fraction of sp³-hybridized carbons (Fsp3) is 0.440. The monoisotopic (exact) mass is 478 g/mol. The van der Waals surface area contributed by atoms with Crippen LogP contribution in [0, 0.1) is 5.92 Å². The SMILES string of the molecule is COc1ccc2ccc(=O)n(C[C@H](N)C3CCC(NCc4ncc5c(n4)NC(=O)CO5)CC3)c2c1. The zero-order chi connectivity index (χ0) is 24.4. The molecule has 0 bridgehead atoms. The number of nitrogens with zero attached hydrogens (tertiary/aromatic N) is 3. The van der Waals surface area contributed by atoms with Gasteiger partial charge in [0, 0.05) is 30.8 Å². The maximum atomic E-state index is 12.6. The molecule has 184 valence electrons. The van der Waals surface area contributed by atoms with Crippen LogP contribution in [0.2, 0.25) is 0 Å². The molecule has 35 heavy (non-hydrogen) atoms. The van der Waals surface area contributed by atoms with Crippen LogP contribution in [0.5, 0.6) is 11.5 Å². The minimum atomic E-state index is -0.213. The van der Waals surface area contributed by atoms with Crippen molar-refractivity contribution in [3.05, 3.63) is 52.7 Å². The average Bonchev–Trinajstić information content (AvgIpc) is 2.88. The highest BCUT2D eigenvalue weighted by Crippen LogP contribution is 2.28. The molecule has 1 fully saturated rings. The van der Waals surface area contributed by atoms with E-state index in [9.17, 15) is 9.59 Å². The number of hydrogen-bond donors (Lipinski definition) is 3. The summed E-state index contributed by atoms with van der Waals surface area (Å²) in [5.41, 5.74) is 7.41. The Morgan fingerprint density at radius 1 is 1.23 bits per heavy atom. The number of anilines is 1. The molecule has 1 aliphatic carbocycles. The van der Waals surface area contributed by atoms with Crippen LogP contribution in [0.1, 0.15) is 31.5 Å². The molecule has 1 atom stereocenters. The molecule has 3 aromatic rings. The Bertz CT molecular complexity index is 1280. The maximum absolute atomic E-state index is 12.6. The Balaban J connectivity index is 1.17. The molecule has 5 rings (SSSR count). The summed E-state index contributed by atoms with van der Waals surface area (Å²) < 4.78 is 12.4. The van der Waals surface area contributed by atoms with E-state index in [0.29, 0.717) is 42.4 Å². The Hall–Kier alpha value is -3.50. The van der Waals surface area contributed by atoms with E-state index in [4.69, 9.17) is 15.2 Å². The third kappa shape index (κ3) is 5.13. The van der Waals surface area contributed by atoms with Gasteiger partial charge in [-0.3, -0.25) is 9.59 Å². The van der Waals surface area contributed by atoms with Crippen molar-refractivity contribution >= 4 is 22.6 Å². The summed E-state index contributed by atoms with van der Waals surface area (Å²) in [6.07, 6.45) is 5.54. The molecule has 1 amide bonds. The number of amides is 1. The summed E-state index contributed by atoms with van der Waals surface area (Å²) >= 11 is 0. The predicted molar refractivity (Wildman–Crippen MR) is 131 cm³/mol. The average molecular weight is 479 g/mol. The number of hydrogen-bond acceptors (Lipinski definition) is 8. The molecule has 1 saturated carbocycles. The van der Waals surface area contributed by atoms with Gasteiger partial charge < -0.3 is 30.4 Å². The standard InChI is InChI=1S/C25H30N6O4/c1-34-18-8-4-16-5-9-24(33)31(20(16)10-18)13-19(26)15-2-6-17(7-3-15)27-12-22-28-11-21-25(29-22)30-23(32)14-35-21/h4-5,8-11,15,17,19,27H,2-3,6-7,12-14,26H2,1H3,(H,28,29,30,32)/t15?,17?,19-/m0/s1. The van der Waals surface area contributed by atoms with Crippen LogP contribution < -0.4 is 31.4 Å². The molecule has 10 nitrogen and oxygen atoms in total. The summed E-state index contributed by atoms with van der Waals surface area (Å²) in [5, 5.41) is 7.22. The number of aromatic nitrogens is 3. The van der Waals surface area contributed by atoms with E-state index in [1.807, 2.05) is 24.3 Å². The van der Waals surface area contributed by atoms with E-state index < -0.39 is 0 Å². The number of carbonyl (C=O) groups is 1. The Morgan fingerprint density at radius 2 is 2.03 bits per heavy atom. The zero-order valence-corrected chi connectivity index (χ0v) is 19.7. The van der Waals surface area contributed by atoms with Crippen molar-refractivity contribution in [3.8, 4) is 11.5 Å². The van der Waals surface area contributed by atoms with Gasteiger partial charge in [0.05, 0.1) is 25.4 Å². The molecule has 1 aromatic carbocycles. The lowest BCUT2D eigenvalue weighted by Crippen LogP contribution is -2.42. The first-order valence-corrected chi connectivity index (χ1v) is 12.0. The molecule has 0 spiro atoms. The molecule has 0 saturated heterocycles. The first-order chi connectivity index (χ1) is 17.0. The van der Waals surface area contributed by atoms with Gasteiger partial charge >= 0.3 is 0 Å². The van der Waals surface area contributed by atoms with Gasteiger partial charge in [0.25, 0.3) is 11.5 Å². The summed E-state index contributed by atoms with van der Waals surface area (Å²) in [6, 6.07) is 9.41. The lowest BCUT2D eigenvalue weighted by molar-refractivity contribution is -0.118. The van der Waals surface area contributed by atoms with Gasteiger partial charge in [-0.2, -0.15) is 0 Å². The number of pyridine rings is 1. The van der Waals surface area contributed by atoms with Crippen LogP contribution in [0.3, 0.4) is 0 Å². The van der Waals surface area contributed by atoms with Gasteiger partial charge in [-0.05, 0) is 55.2 Å².